The number of anilines is 2. The van der Waals surface area contributed by atoms with Gasteiger partial charge in [0.1, 0.15) is 11.5 Å². The van der Waals surface area contributed by atoms with Crippen molar-refractivity contribution in [3.63, 3.8) is 0 Å². The number of benzene rings is 1. The molecule has 8 nitrogen and oxygen atoms in total. The van der Waals surface area contributed by atoms with Crippen molar-refractivity contribution in [1.29, 1.82) is 0 Å². The lowest BCUT2D eigenvalue weighted by atomic mass is 10.1. The number of nitrogens with one attached hydrogen (secondary N) is 3. The van der Waals surface area contributed by atoms with Crippen LogP contribution in [0.1, 0.15) is 17.0 Å². The molecule has 1 aromatic carbocycles. The molecule has 4 N–H and O–H groups in total. The molecule has 9 heteroatoms. The molecule has 0 spiro atoms. The molecule has 4 rings (SSSR count). The molecule has 0 radical (unpaired) electrons. The zero-order valence-electron chi connectivity index (χ0n) is 16.4. The average Bonchev–Trinajstić information content (AvgIpc) is 3.26. The van der Waals surface area contributed by atoms with E-state index >= 15 is 0 Å². The molecule has 3 aromatic heterocycles. The predicted molar refractivity (Wildman–Crippen MR) is 115 cm³/mol. The quantitative estimate of drug-likeness (QED) is 0.360. The van der Waals surface area contributed by atoms with E-state index < -0.39 is 10.4 Å². The second-order valence-electron chi connectivity index (χ2n) is 6.93. The highest BCUT2D eigenvalue weighted by atomic mass is 32.3. The topological polar surface area (TPSA) is 108 Å². The molecule has 0 aliphatic carbocycles. The van der Waals surface area contributed by atoms with Crippen LogP contribution in [-0.2, 0) is 28.2 Å². The summed E-state index contributed by atoms with van der Waals surface area (Å²) in [5.41, 5.74) is 4.23. The van der Waals surface area contributed by atoms with Crippen LogP contribution in [0.15, 0.2) is 53.7 Å². The third-order valence-electron chi connectivity index (χ3n) is 4.90. The van der Waals surface area contributed by atoms with Crippen LogP contribution in [0.4, 0.5) is 11.5 Å². The fraction of sp³-hybridized carbons (Fsp3) is 0.200. The largest absolute Gasteiger partial charge is 0.366 e. The highest BCUT2D eigenvalue weighted by Crippen LogP contribution is 2.25. The Morgan fingerprint density at radius 1 is 1.21 bits per heavy atom. The maximum atomic E-state index is 12.8. The molecular weight excluding hydrogens is 388 g/mol. The van der Waals surface area contributed by atoms with Crippen molar-refractivity contribution in [3.8, 4) is 0 Å². The van der Waals surface area contributed by atoms with Crippen LogP contribution >= 0.6 is 0 Å². The Morgan fingerprint density at radius 2 is 2.03 bits per heavy atom. The number of hydrogen-bond acceptors (Lipinski definition) is 4. The zero-order chi connectivity index (χ0) is 20.6. The van der Waals surface area contributed by atoms with Gasteiger partial charge in [0.25, 0.3) is 0 Å². The highest BCUT2D eigenvalue weighted by Gasteiger charge is 2.32. The maximum absolute atomic E-state index is 12.8. The van der Waals surface area contributed by atoms with Crippen LogP contribution < -0.4 is 10.0 Å². The second-order valence-corrected chi connectivity index (χ2v) is 8.66. The number of hydrogen-bond donors (Lipinski definition) is 4. The van der Waals surface area contributed by atoms with E-state index in [4.69, 9.17) is 0 Å². The number of pyridine rings is 1. The smallest absolute Gasteiger partial charge is 0.347 e. The van der Waals surface area contributed by atoms with Gasteiger partial charge in [-0.05, 0) is 53.3 Å². The number of aryl methyl sites for hydroxylation is 2. The Morgan fingerprint density at radius 3 is 2.72 bits per heavy atom. The Bertz CT molecular complexity index is 1210. The van der Waals surface area contributed by atoms with Crippen LogP contribution in [0, 0.1) is 13.8 Å². The fourth-order valence-electron chi connectivity index (χ4n) is 3.17. The summed E-state index contributed by atoms with van der Waals surface area (Å²) in [6.07, 6.45) is 3.32. The van der Waals surface area contributed by atoms with E-state index in [1.807, 2.05) is 31.3 Å². The van der Waals surface area contributed by atoms with Gasteiger partial charge < -0.3 is 10.3 Å². The van der Waals surface area contributed by atoms with Crippen molar-refractivity contribution < 1.29 is 8.76 Å². The van der Waals surface area contributed by atoms with Gasteiger partial charge in [-0.25, -0.2) is 4.98 Å². The average molecular weight is 412 g/mol. The molecule has 0 saturated carbocycles. The first-order valence-corrected chi connectivity index (χ1v) is 10.7. The summed E-state index contributed by atoms with van der Waals surface area (Å²) in [7, 11) is -1.70. The number of aromatic amines is 1. The van der Waals surface area contributed by atoms with Crippen LogP contribution in [0.25, 0.3) is 10.9 Å². The maximum Gasteiger partial charge on any atom is 0.347 e. The van der Waals surface area contributed by atoms with Gasteiger partial charge in [0.2, 0.25) is 4.90 Å². The molecular formula is C20H23N6O2S+. The van der Waals surface area contributed by atoms with Gasteiger partial charge in [-0.1, -0.05) is 6.07 Å². The standard InChI is InChI=1S/C20H22N6O2S/c1-13-20(14(2)26(3)24-13)25-29(27,28)17-5-7-19(23-12-17)22-11-15-4-6-18-16(10-15)8-9-21-18/h4-10,12,21H,11H2,1-3H3,(H2-,22,23,25,27,28)/p+1. The van der Waals surface area contributed by atoms with Crippen LogP contribution in [-0.4, -0.2) is 24.3 Å². The van der Waals surface area contributed by atoms with Gasteiger partial charge in [0.15, 0.2) is 0 Å². The molecule has 29 heavy (non-hydrogen) atoms. The Kier molecular flexibility index (Phi) is 4.85. The molecule has 150 valence electrons. The minimum Gasteiger partial charge on any atom is -0.366 e. The highest BCUT2D eigenvalue weighted by molar-refractivity contribution is 7.99. The monoisotopic (exact) mass is 411 g/mol. The van der Waals surface area contributed by atoms with Gasteiger partial charge in [0, 0.05) is 31.4 Å². The Hall–Kier alpha value is -3.17. The van der Waals surface area contributed by atoms with E-state index in [0.717, 1.165) is 22.2 Å². The van der Waals surface area contributed by atoms with Gasteiger partial charge in [-0.15, -0.1) is 0 Å². The predicted octanol–water partition coefficient (Wildman–Crippen LogP) is 3.88. The third-order valence-corrected chi connectivity index (χ3v) is 6.26. The summed E-state index contributed by atoms with van der Waals surface area (Å²) in [5, 5.41) is 8.65. The molecule has 1 atom stereocenters. The fourth-order valence-corrected chi connectivity index (χ4v) is 4.31. The third kappa shape index (κ3) is 3.87. The number of H-pyrrole nitrogens is 1. The van der Waals surface area contributed by atoms with Crippen molar-refractivity contribution >= 4 is 32.8 Å². The van der Waals surface area contributed by atoms with Gasteiger partial charge >= 0.3 is 10.4 Å². The summed E-state index contributed by atoms with van der Waals surface area (Å²) in [6, 6.07) is 11.5. The number of nitrogens with zero attached hydrogens (tertiary/aromatic N) is 3. The molecule has 0 amide bonds. The number of fused-ring (bicyclic) bond motifs is 1. The molecule has 0 saturated heterocycles. The summed E-state index contributed by atoms with van der Waals surface area (Å²) in [6.45, 7) is 4.24. The van der Waals surface area contributed by atoms with E-state index in [0.29, 0.717) is 23.7 Å². The van der Waals surface area contributed by atoms with Crippen molar-refractivity contribution in [2.45, 2.75) is 25.3 Å². The van der Waals surface area contributed by atoms with Gasteiger partial charge in [0.05, 0.1) is 17.6 Å². The minimum atomic E-state index is -3.49. The SMILES string of the molecule is Cc1nn(C)c(C)c1N[S+](=O)(O)c1ccc(NCc2ccc3[nH]ccc3c2)nc1. The lowest BCUT2D eigenvalue weighted by Gasteiger charge is -2.09. The zero-order valence-corrected chi connectivity index (χ0v) is 17.2. The Labute approximate surface area is 169 Å². The first kappa shape index (κ1) is 19.2. The molecule has 1 unspecified atom stereocenters. The Balaban J connectivity index is 1.45. The minimum absolute atomic E-state index is 0.208. The molecule has 4 aromatic rings. The number of aromatic nitrogens is 4. The lowest BCUT2D eigenvalue weighted by molar-refractivity contribution is 0.502. The summed E-state index contributed by atoms with van der Waals surface area (Å²) in [4.78, 5) is 7.67. The molecule has 0 aliphatic heterocycles. The van der Waals surface area contributed by atoms with E-state index in [1.165, 1.54) is 6.20 Å². The first-order chi connectivity index (χ1) is 13.8. The van der Waals surface area contributed by atoms with Crippen LogP contribution in [0.5, 0.6) is 0 Å². The van der Waals surface area contributed by atoms with Crippen molar-refractivity contribution in [2.24, 2.45) is 7.05 Å². The van der Waals surface area contributed by atoms with E-state index in [-0.39, 0.29) is 4.90 Å². The normalized spacial score (nSPS) is 13.4. The second kappa shape index (κ2) is 7.34. The molecule has 0 fully saturated rings. The van der Waals surface area contributed by atoms with Gasteiger partial charge in [-0.3, -0.25) is 4.68 Å². The summed E-state index contributed by atoms with van der Waals surface area (Å²) < 4.78 is 27.7. The molecule has 3 heterocycles. The first-order valence-electron chi connectivity index (χ1n) is 9.14. The van der Waals surface area contributed by atoms with Crippen molar-refractivity contribution in [1.82, 2.24) is 19.7 Å². The molecule has 0 aliphatic rings. The van der Waals surface area contributed by atoms with E-state index in [1.54, 1.807) is 30.8 Å². The molecule has 0 bridgehead atoms. The van der Waals surface area contributed by atoms with Gasteiger partial charge in [-0.2, -0.15) is 14.4 Å². The van der Waals surface area contributed by atoms with E-state index in [2.05, 4.69) is 31.2 Å². The van der Waals surface area contributed by atoms with E-state index in [9.17, 15) is 8.76 Å². The van der Waals surface area contributed by atoms with Crippen LogP contribution in [0.3, 0.4) is 0 Å². The summed E-state index contributed by atoms with van der Waals surface area (Å²) in [5.74, 6) is 0.631. The van der Waals surface area contributed by atoms with Crippen molar-refractivity contribution in [3.05, 3.63) is 65.7 Å². The van der Waals surface area contributed by atoms with Crippen LogP contribution in [0.2, 0.25) is 0 Å². The number of rotatable bonds is 6. The lowest BCUT2D eigenvalue weighted by Crippen LogP contribution is -2.21. The summed E-state index contributed by atoms with van der Waals surface area (Å²) >= 11 is 0. The van der Waals surface area contributed by atoms with Crippen molar-refractivity contribution in [2.75, 3.05) is 10.0 Å².